The molecule has 1 amide bonds. The first-order valence-electron chi connectivity index (χ1n) is 6.67. The van der Waals surface area contributed by atoms with E-state index in [9.17, 15) is 4.79 Å². The van der Waals surface area contributed by atoms with Gasteiger partial charge in [-0.3, -0.25) is 9.89 Å². The standard InChI is InChI=1S/C14H18N4O/c1-15-12-3-2-6-18(9-12)14(19)10-4-5-13-11(7-10)8-16-17-13/h4-5,7-8,12,15H,2-3,6,9H2,1H3,(H,16,17). The Labute approximate surface area is 112 Å². The van der Waals surface area contributed by atoms with E-state index in [2.05, 4.69) is 15.5 Å². The minimum absolute atomic E-state index is 0.114. The van der Waals surface area contributed by atoms with E-state index in [-0.39, 0.29) is 5.91 Å². The number of aromatic amines is 1. The molecule has 1 unspecified atom stereocenters. The van der Waals surface area contributed by atoms with Gasteiger partial charge in [-0.25, -0.2) is 0 Å². The van der Waals surface area contributed by atoms with Crippen molar-refractivity contribution in [2.45, 2.75) is 18.9 Å². The highest BCUT2D eigenvalue weighted by Gasteiger charge is 2.23. The van der Waals surface area contributed by atoms with Gasteiger partial charge in [-0.05, 0) is 38.1 Å². The van der Waals surface area contributed by atoms with Gasteiger partial charge in [0.15, 0.2) is 0 Å². The fraction of sp³-hybridized carbons (Fsp3) is 0.429. The number of nitrogens with one attached hydrogen (secondary N) is 2. The van der Waals surface area contributed by atoms with Crippen LogP contribution in [0.5, 0.6) is 0 Å². The van der Waals surface area contributed by atoms with Gasteiger partial charge in [-0.2, -0.15) is 5.10 Å². The molecule has 100 valence electrons. The lowest BCUT2D eigenvalue weighted by Gasteiger charge is -2.32. The highest BCUT2D eigenvalue weighted by molar-refractivity contribution is 5.97. The molecule has 1 atom stereocenters. The van der Waals surface area contributed by atoms with Gasteiger partial charge in [0.05, 0.1) is 11.7 Å². The van der Waals surface area contributed by atoms with Crippen LogP contribution in [0.3, 0.4) is 0 Å². The smallest absolute Gasteiger partial charge is 0.253 e. The molecule has 0 bridgehead atoms. The Morgan fingerprint density at radius 1 is 1.53 bits per heavy atom. The number of hydrogen-bond donors (Lipinski definition) is 2. The molecule has 5 nitrogen and oxygen atoms in total. The first kappa shape index (κ1) is 12.2. The predicted molar refractivity (Wildman–Crippen MR) is 74.1 cm³/mol. The lowest BCUT2D eigenvalue weighted by molar-refractivity contribution is 0.0698. The number of amides is 1. The second kappa shape index (κ2) is 5.01. The molecule has 1 aromatic carbocycles. The SMILES string of the molecule is CNC1CCCN(C(=O)c2ccc3[nH]ncc3c2)C1. The summed E-state index contributed by atoms with van der Waals surface area (Å²) in [6, 6.07) is 6.10. The van der Waals surface area contributed by atoms with E-state index < -0.39 is 0 Å². The van der Waals surface area contributed by atoms with Crippen LogP contribution in [0, 0.1) is 0 Å². The zero-order valence-corrected chi connectivity index (χ0v) is 11.0. The molecule has 1 saturated heterocycles. The first-order chi connectivity index (χ1) is 9.28. The summed E-state index contributed by atoms with van der Waals surface area (Å²) in [5, 5.41) is 11.1. The minimum atomic E-state index is 0.114. The molecule has 5 heteroatoms. The largest absolute Gasteiger partial charge is 0.337 e. The number of hydrogen-bond acceptors (Lipinski definition) is 3. The number of fused-ring (bicyclic) bond motifs is 1. The van der Waals surface area contributed by atoms with E-state index in [0.29, 0.717) is 6.04 Å². The number of aromatic nitrogens is 2. The van der Waals surface area contributed by atoms with Crippen molar-refractivity contribution in [2.75, 3.05) is 20.1 Å². The number of rotatable bonds is 2. The van der Waals surface area contributed by atoms with E-state index >= 15 is 0 Å². The van der Waals surface area contributed by atoms with Gasteiger partial charge in [0, 0.05) is 30.1 Å². The van der Waals surface area contributed by atoms with Crippen LogP contribution >= 0.6 is 0 Å². The van der Waals surface area contributed by atoms with Crippen LogP contribution in [0.1, 0.15) is 23.2 Å². The number of H-pyrrole nitrogens is 1. The number of carbonyl (C=O) groups is 1. The van der Waals surface area contributed by atoms with Crippen molar-refractivity contribution in [1.29, 1.82) is 0 Å². The summed E-state index contributed by atoms with van der Waals surface area (Å²) in [4.78, 5) is 14.4. The van der Waals surface area contributed by atoms with Gasteiger partial charge in [-0.15, -0.1) is 0 Å². The van der Waals surface area contributed by atoms with Crippen LogP contribution in [-0.2, 0) is 0 Å². The van der Waals surface area contributed by atoms with Crippen molar-refractivity contribution in [3.8, 4) is 0 Å². The van der Waals surface area contributed by atoms with Crippen molar-refractivity contribution in [3.05, 3.63) is 30.0 Å². The lowest BCUT2D eigenvalue weighted by Crippen LogP contribution is -2.46. The second-order valence-corrected chi connectivity index (χ2v) is 5.05. The van der Waals surface area contributed by atoms with Gasteiger partial charge in [-0.1, -0.05) is 0 Å². The zero-order chi connectivity index (χ0) is 13.2. The number of carbonyl (C=O) groups excluding carboxylic acids is 1. The first-order valence-corrected chi connectivity index (χ1v) is 6.67. The fourth-order valence-electron chi connectivity index (χ4n) is 2.66. The third-order valence-electron chi connectivity index (χ3n) is 3.80. The van der Waals surface area contributed by atoms with Gasteiger partial charge in [0.25, 0.3) is 5.91 Å². The van der Waals surface area contributed by atoms with Crippen molar-refractivity contribution in [1.82, 2.24) is 20.4 Å². The van der Waals surface area contributed by atoms with Crippen molar-refractivity contribution in [2.24, 2.45) is 0 Å². The molecule has 1 aliphatic heterocycles. The monoisotopic (exact) mass is 258 g/mol. The van der Waals surface area contributed by atoms with E-state index in [1.165, 1.54) is 0 Å². The average Bonchev–Trinajstić information content (AvgIpc) is 2.94. The predicted octanol–water partition coefficient (Wildman–Crippen LogP) is 1.39. The minimum Gasteiger partial charge on any atom is -0.337 e. The molecule has 1 aliphatic rings. The number of benzene rings is 1. The Morgan fingerprint density at radius 3 is 3.26 bits per heavy atom. The number of likely N-dealkylation sites (tertiary alicyclic amines) is 1. The van der Waals surface area contributed by atoms with Crippen molar-refractivity contribution >= 4 is 16.8 Å². The molecule has 19 heavy (non-hydrogen) atoms. The number of nitrogens with zero attached hydrogens (tertiary/aromatic N) is 2. The van der Waals surface area contributed by atoms with Gasteiger partial charge in [0.2, 0.25) is 0 Å². The third-order valence-corrected chi connectivity index (χ3v) is 3.80. The topological polar surface area (TPSA) is 61.0 Å². The summed E-state index contributed by atoms with van der Waals surface area (Å²) < 4.78 is 0. The van der Waals surface area contributed by atoms with E-state index in [1.54, 1.807) is 6.20 Å². The maximum Gasteiger partial charge on any atom is 0.253 e. The van der Waals surface area contributed by atoms with E-state index in [4.69, 9.17) is 0 Å². The van der Waals surface area contributed by atoms with Crippen LogP contribution in [0.4, 0.5) is 0 Å². The Balaban J connectivity index is 1.82. The molecular weight excluding hydrogens is 240 g/mol. The van der Waals surface area contributed by atoms with E-state index in [1.807, 2.05) is 30.1 Å². The maximum atomic E-state index is 12.5. The van der Waals surface area contributed by atoms with Crippen LogP contribution in [0.15, 0.2) is 24.4 Å². The summed E-state index contributed by atoms with van der Waals surface area (Å²) in [7, 11) is 1.95. The molecule has 3 rings (SSSR count). The Morgan fingerprint density at radius 2 is 2.42 bits per heavy atom. The molecular formula is C14H18N4O. The van der Waals surface area contributed by atoms with Gasteiger partial charge in [0.1, 0.15) is 0 Å². The summed E-state index contributed by atoms with van der Waals surface area (Å²) in [6.45, 7) is 1.64. The van der Waals surface area contributed by atoms with Crippen LogP contribution < -0.4 is 5.32 Å². The number of likely N-dealkylation sites (N-methyl/N-ethyl adjacent to an activating group) is 1. The van der Waals surface area contributed by atoms with Gasteiger partial charge >= 0.3 is 0 Å². The molecule has 0 saturated carbocycles. The molecule has 2 heterocycles. The summed E-state index contributed by atoms with van der Waals surface area (Å²) in [6.07, 6.45) is 3.95. The fourth-order valence-corrected chi connectivity index (χ4v) is 2.66. The third kappa shape index (κ3) is 2.33. The molecule has 0 spiro atoms. The van der Waals surface area contributed by atoms with E-state index in [0.717, 1.165) is 42.4 Å². The maximum absolute atomic E-state index is 12.5. The lowest BCUT2D eigenvalue weighted by atomic mass is 10.0. The average molecular weight is 258 g/mol. The summed E-state index contributed by atoms with van der Waals surface area (Å²) >= 11 is 0. The quantitative estimate of drug-likeness (QED) is 0.855. The summed E-state index contributed by atoms with van der Waals surface area (Å²) in [5.74, 6) is 0.114. The number of piperidine rings is 1. The van der Waals surface area contributed by atoms with Crippen LogP contribution in [0.2, 0.25) is 0 Å². The Kier molecular flexibility index (Phi) is 3.21. The molecule has 2 aromatic rings. The summed E-state index contributed by atoms with van der Waals surface area (Å²) in [5.41, 5.74) is 1.70. The molecule has 1 aromatic heterocycles. The molecule has 0 radical (unpaired) electrons. The normalized spacial score (nSPS) is 19.8. The Bertz CT molecular complexity index is 592. The molecule has 2 N–H and O–H groups in total. The highest BCUT2D eigenvalue weighted by Crippen LogP contribution is 2.17. The van der Waals surface area contributed by atoms with Crippen molar-refractivity contribution in [3.63, 3.8) is 0 Å². The van der Waals surface area contributed by atoms with Crippen LogP contribution in [0.25, 0.3) is 10.9 Å². The Hall–Kier alpha value is -1.88. The second-order valence-electron chi connectivity index (χ2n) is 5.05. The zero-order valence-electron chi connectivity index (χ0n) is 11.0. The van der Waals surface area contributed by atoms with Crippen molar-refractivity contribution < 1.29 is 4.79 Å². The van der Waals surface area contributed by atoms with Crippen LogP contribution in [-0.4, -0.2) is 47.2 Å². The van der Waals surface area contributed by atoms with Gasteiger partial charge < -0.3 is 10.2 Å². The molecule has 0 aliphatic carbocycles. The molecule has 1 fully saturated rings. The highest BCUT2D eigenvalue weighted by atomic mass is 16.2.